The first-order valence-electron chi connectivity index (χ1n) is 5.57. The van der Waals surface area contributed by atoms with Crippen LogP contribution in [0.4, 0.5) is 5.69 Å². The lowest BCUT2D eigenvalue weighted by Gasteiger charge is -2.07. The summed E-state index contributed by atoms with van der Waals surface area (Å²) >= 11 is 3.20. The zero-order valence-electron chi connectivity index (χ0n) is 10.4. The first-order chi connectivity index (χ1) is 9.49. The highest BCUT2D eigenvalue weighted by Crippen LogP contribution is 2.37. The van der Waals surface area contributed by atoms with E-state index in [-0.39, 0.29) is 23.1 Å². The molecule has 0 bridgehead atoms. The average molecular weight is 337 g/mol. The fourth-order valence-corrected chi connectivity index (χ4v) is 1.93. The zero-order chi connectivity index (χ0) is 14.7. The summed E-state index contributed by atoms with van der Waals surface area (Å²) in [6.45, 7) is 1.43. The van der Waals surface area contributed by atoms with Gasteiger partial charge in [-0.25, -0.2) is 4.98 Å². The standard InChI is InChI=1S/C13H9BrN2O4/c1-8(17)9-5-6-12(15-7-9)20-13-10(14)3-2-4-11(13)16(18)19/h2-7H,1H3. The number of carbonyl (C=O) groups is 1. The summed E-state index contributed by atoms with van der Waals surface area (Å²) in [7, 11) is 0. The quantitative estimate of drug-likeness (QED) is 0.482. The Hall–Kier alpha value is -2.28. The van der Waals surface area contributed by atoms with Crippen LogP contribution in [0.3, 0.4) is 0 Å². The van der Waals surface area contributed by atoms with E-state index in [1.807, 2.05) is 0 Å². The number of hydrogen-bond donors (Lipinski definition) is 0. The molecule has 0 saturated carbocycles. The molecule has 6 nitrogen and oxygen atoms in total. The molecule has 0 aliphatic carbocycles. The Morgan fingerprint density at radius 3 is 2.65 bits per heavy atom. The molecule has 2 aromatic rings. The minimum Gasteiger partial charge on any atom is -0.431 e. The Balaban J connectivity index is 2.34. The molecule has 1 aromatic heterocycles. The topological polar surface area (TPSA) is 82.3 Å². The lowest BCUT2D eigenvalue weighted by molar-refractivity contribution is -0.385. The number of ketones is 1. The summed E-state index contributed by atoms with van der Waals surface area (Å²) in [5.74, 6) is 0.126. The summed E-state index contributed by atoms with van der Waals surface area (Å²) in [6, 6.07) is 7.55. The van der Waals surface area contributed by atoms with Crippen molar-refractivity contribution in [1.82, 2.24) is 4.98 Å². The summed E-state index contributed by atoms with van der Waals surface area (Å²) in [6.07, 6.45) is 1.36. The van der Waals surface area contributed by atoms with Gasteiger partial charge in [-0.05, 0) is 35.0 Å². The molecule has 0 atom stereocenters. The van der Waals surface area contributed by atoms with E-state index in [1.165, 1.54) is 25.3 Å². The number of para-hydroxylation sites is 1. The largest absolute Gasteiger partial charge is 0.431 e. The van der Waals surface area contributed by atoms with Crippen molar-refractivity contribution in [2.24, 2.45) is 0 Å². The maximum absolute atomic E-state index is 11.1. The molecule has 2 rings (SSSR count). The number of pyridine rings is 1. The van der Waals surface area contributed by atoms with Gasteiger partial charge in [-0.2, -0.15) is 0 Å². The van der Waals surface area contributed by atoms with Gasteiger partial charge >= 0.3 is 5.69 Å². The molecule has 0 aliphatic heterocycles. The Labute approximate surface area is 122 Å². The third kappa shape index (κ3) is 3.00. The van der Waals surface area contributed by atoms with Gasteiger partial charge in [0.05, 0.1) is 9.40 Å². The minimum absolute atomic E-state index is 0.0700. The predicted octanol–water partition coefficient (Wildman–Crippen LogP) is 3.75. The van der Waals surface area contributed by atoms with Crippen LogP contribution < -0.4 is 4.74 Å². The van der Waals surface area contributed by atoms with Gasteiger partial charge in [-0.1, -0.05) is 6.07 Å². The second kappa shape index (κ2) is 5.79. The van der Waals surface area contributed by atoms with Crippen molar-refractivity contribution < 1.29 is 14.5 Å². The number of hydrogen-bond acceptors (Lipinski definition) is 5. The summed E-state index contributed by atoms with van der Waals surface area (Å²) in [5, 5.41) is 10.9. The van der Waals surface area contributed by atoms with Crippen molar-refractivity contribution in [2.75, 3.05) is 0 Å². The first kappa shape index (κ1) is 14.1. The number of carbonyl (C=O) groups excluding carboxylic acids is 1. The molecule has 0 N–H and O–H groups in total. The van der Waals surface area contributed by atoms with Crippen molar-refractivity contribution in [3.8, 4) is 11.6 Å². The van der Waals surface area contributed by atoms with Crippen LogP contribution in [0, 0.1) is 10.1 Å². The molecule has 0 spiro atoms. The molecular weight excluding hydrogens is 328 g/mol. The van der Waals surface area contributed by atoms with Crippen molar-refractivity contribution in [3.05, 3.63) is 56.7 Å². The van der Waals surface area contributed by atoms with E-state index in [0.29, 0.717) is 10.0 Å². The fourth-order valence-electron chi connectivity index (χ4n) is 1.50. The Kier molecular flexibility index (Phi) is 4.09. The normalized spacial score (nSPS) is 10.1. The average Bonchev–Trinajstić information content (AvgIpc) is 2.41. The highest BCUT2D eigenvalue weighted by molar-refractivity contribution is 9.10. The number of halogens is 1. The maximum Gasteiger partial charge on any atom is 0.312 e. The predicted molar refractivity (Wildman–Crippen MR) is 75.1 cm³/mol. The second-order valence-electron chi connectivity index (χ2n) is 3.89. The van der Waals surface area contributed by atoms with Crippen LogP contribution in [-0.2, 0) is 0 Å². The van der Waals surface area contributed by atoms with Gasteiger partial charge in [-0.15, -0.1) is 0 Å². The lowest BCUT2D eigenvalue weighted by Crippen LogP contribution is -1.97. The van der Waals surface area contributed by atoms with Crippen molar-refractivity contribution in [1.29, 1.82) is 0 Å². The van der Waals surface area contributed by atoms with Gasteiger partial charge in [0.1, 0.15) is 0 Å². The van der Waals surface area contributed by atoms with Crippen molar-refractivity contribution in [2.45, 2.75) is 6.92 Å². The summed E-state index contributed by atoms with van der Waals surface area (Å²) < 4.78 is 5.87. The van der Waals surface area contributed by atoms with Crippen LogP contribution >= 0.6 is 15.9 Å². The summed E-state index contributed by atoms with van der Waals surface area (Å²) in [4.78, 5) is 25.5. The van der Waals surface area contributed by atoms with Gasteiger partial charge in [0, 0.05) is 23.9 Å². The van der Waals surface area contributed by atoms with E-state index in [4.69, 9.17) is 4.74 Å². The van der Waals surface area contributed by atoms with E-state index in [0.717, 1.165) is 0 Å². The Morgan fingerprint density at radius 2 is 2.10 bits per heavy atom. The molecule has 0 radical (unpaired) electrons. The molecule has 0 fully saturated rings. The lowest BCUT2D eigenvalue weighted by atomic mass is 10.2. The zero-order valence-corrected chi connectivity index (χ0v) is 12.0. The van der Waals surface area contributed by atoms with Crippen LogP contribution in [0.5, 0.6) is 11.6 Å². The third-order valence-corrected chi connectivity index (χ3v) is 3.12. The highest BCUT2D eigenvalue weighted by Gasteiger charge is 2.19. The summed E-state index contributed by atoms with van der Waals surface area (Å²) in [5.41, 5.74) is 0.274. The van der Waals surface area contributed by atoms with E-state index >= 15 is 0 Å². The van der Waals surface area contributed by atoms with E-state index in [1.54, 1.807) is 18.2 Å². The van der Waals surface area contributed by atoms with E-state index < -0.39 is 4.92 Å². The first-order valence-corrected chi connectivity index (χ1v) is 6.36. The van der Waals surface area contributed by atoms with Crippen molar-refractivity contribution in [3.63, 3.8) is 0 Å². The minimum atomic E-state index is -0.538. The number of benzene rings is 1. The van der Waals surface area contributed by atoms with Gasteiger partial charge in [-0.3, -0.25) is 14.9 Å². The molecule has 0 saturated heterocycles. The smallest absolute Gasteiger partial charge is 0.312 e. The van der Waals surface area contributed by atoms with Gasteiger partial charge in [0.2, 0.25) is 11.6 Å². The van der Waals surface area contributed by atoms with Crippen LogP contribution in [0.25, 0.3) is 0 Å². The number of nitrogens with zero attached hydrogens (tertiary/aromatic N) is 2. The van der Waals surface area contributed by atoms with E-state index in [9.17, 15) is 14.9 Å². The molecule has 1 heterocycles. The molecule has 102 valence electrons. The molecule has 0 amide bonds. The third-order valence-electron chi connectivity index (χ3n) is 2.49. The molecule has 20 heavy (non-hydrogen) atoms. The SMILES string of the molecule is CC(=O)c1ccc(Oc2c(Br)cccc2[N+](=O)[O-])nc1. The monoisotopic (exact) mass is 336 g/mol. The number of nitro groups is 1. The van der Waals surface area contributed by atoms with Crippen LogP contribution in [0.15, 0.2) is 41.0 Å². The molecular formula is C13H9BrN2O4. The number of nitro benzene ring substituents is 1. The molecule has 7 heteroatoms. The van der Waals surface area contributed by atoms with E-state index in [2.05, 4.69) is 20.9 Å². The number of aromatic nitrogens is 1. The number of ether oxygens (including phenoxy) is 1. The van der Waals surface area contributed by atoms with Crippen LogP contribution in [0.1, 0.15) is 17.3 Å². The van der Waals surface area contributed by atoms with Crippen molar-refractivity contribution >= 4 is 27.4 Å². The van der Waals surface area contributed by atoms with Gasteiger partial charge in [0.25, 0.3) is 0 Å². The van der Waals surface area contributed by atoms with Gasteiger partial charge in [0.15, 0.2) is 5.78 Å². The Bertz CT molecular complexity index is 671. The maximum atomic E-state index is 11.1. The van der Waals surface area contributed by atoms with Gasteiger partial charge < -0.3 is 4.74 Å². The number of rotatable bonds is 4. The second-order valence-corrected chi connectivity index (χ2v) is 4.74. The van der Waals surface area contributed by atoms with Crippen LogP contribution in [-0.4, -0.2) is 15.7 Å². The molecule has 0 aliphatic rings. The molecule has 0 unspecified atom stereocenters. The van der Waals surface area contributed by atoms with Crippen LogP contribution in [0.2, 0.25) is 0 Å². The Morgan fingerprint density at radius 1 is 1.35 bits per heavy atom. The highest BCUT2D eigenvalue weighted by atomic mass is 79.9. The molecule has 1 aromatic carbocycles. The fraction of sp³-hybridized carbons (Fsp3) is 0.0769. The number of Topliss-reactive ketones (excluding diaryl/α,β-unsaturated/α-hetero) is 1.